The Morgan fingerprint density at radius 1 is 1.26 bits per heavy atom. The summed E-state index contributed by atoms with van der Waals surface area (Å²) in [4.78, 5) is 0. The van der Waals surface area contributed by atoms with Gasteiger partial charge in [-0.15, -0.1) is 0 Å². The first-order valence-corrected chi connectivity index (χ1v) is 6.90. The van der Waals surface area contributed by atoms with Crippen molar-refractivity contribution in [2.75, 3.05) is 13.7 Å². The molecule has 0 spiro atoms. The fourth-order valence-corrected chi connectivity index (χ4v) is 2.03. The molecular weight excluding hydrogens is 236 g/mol. The van der Waals surface area contributed by atoms with E-state index in [9.17, 15) is 0 Å². The molecule has 0 aliphatic rings. The first-order chi connectivity index (χ1) is 8.96. The first-order valence-electron chi connectivity index (χ1n) is 6.90. The number of fused-ring (bicyclic) bond motifs is 1. The van der Waals surface area contributed by atoms with Crippen LogP contribution in [0.1, 0.15) is 39.7 Å². The van der Waals surface area contributed by atoms with Crippen LogP contribution in [0.4, 0.5) is 0 Å². The second-order valence-corrected chi connectivity index (χ2v) is 5.57. The van der Waals surface area contributed by atoms with Crippen molar-refractivity contribution >= 4 is 10.9 Å². The summed E-state index contributed by atoms with van der Waals surface area (Å²) in [7, 11) is 1.72. The lowest BCUT2D eigenvalue weighted by Gasteiger charge is -2.25. The topological polar surface area (TPSA) is 27.1 Å². The Bertz CT molecular complexity index is 514. The molecule has 1 aromatic heterocycles. The maximum absolute atomic E-state index is 5.25. The summed E-state index contributed by atoms with van der Waals surface area (Å²) in [5.74, 6) is 0. The molecule has 0 unspecified atom stereocenters. The minimum absolute atomic E-state index is 0.121. The molecule has 0 bridgehead atoms. The molecule has 0 amide bonds. The summed E-state index contributed by atoms with van der Waals surface area (Å²) >= 11 is 0. The number of hydrogen-bond donors (Lipinski definition) is 0. The number of methoxy groups -OCH3 is 1. The zero-order valence-corrected chi connectivity index (χ0v) is 13.0. The highest BCUT2D eigenvalue weighted by molar-refractivity contribution is 5.79. The van der Waals surface area contributed by atoms with Gasteiger partial charge in [-0.3, -0.25) is 4.68 Å². The van der Waals surface area contributed by atoms with Crippen molar-refractivity contribution in [2.45, 2.75) is 46.6 Å². The van der Waals surface area contributed by atoms with Crippen molar-refractivity contribution in [1.29, 1.82) is 0 Å². The molecule has 0 radical (unpaired) electrons. The van der Waals surface area contributed by atoms with E-state index in [0.29, 0.717) is 6.61 Å². The van der Waals surface area contributed by atoms with Gasteiger partial charge >= 0.3 is 0 Å². The first kappa shape index (κ1) is 15.7. The van der Waals surface area contributed by atoms with Crippen molar-refractivity contribution in [3.63, 3.8) is 0 Å². The number of aromatic nitrogens is 2. The van der Waals surface area contributed by atoms with E-state index in [4.69, 9.17) is 4.74 Å². The lowest BCUT2D eigenvalue weighted by Crippen LogP contribution is -2.32. The quantitative estimate of drug-likeness (QED) is 0.831. The number of nitrogens with zero attached hydrogens (tertiary/aromatic N) is 2. The van der Waals surface area contributed by atoms with Crippen molar-refractivity contribution < 1.29 is 4.74 Å². The molecule has 0 N–H and O–H groups in total. The van der Waals surface area contributed by atoms with Crippen LogP contribution in [0, 0.1) is 6.92 Å². The average Bonchev–Trinajstić information content (AvgIpc) is 2.73. The second kappa shape index (κ2) is 6.71. The van der Waals surface area contributed by atoms with Gasteiger partial charge in [-0.05, 0) is 32.4 Å². The zero-order valence-electron chi connectivity index (χ0n) is 13.0. The third-order valence-electron chi connectivity index (χ3n) is 2.80. The number of hydrogen-bond acceptors (Lipinski definition) is 2. The standard InChI is InChI=1S/C13H18N2O.C3H8/c1-10-5-6-11-8-14-15(12(11)7-10)13(2,3)9-16-4;1-3-2/h5-8H,9H2,1-4H3;3H2,1-2H3. The fraction of sp³-hybridized carbons (Fsp3) is 0.562. The maximum atomic E-state index is 5.25. The van der Waals surface area contributed by atoms with E-state index in [1.54, 1.807) is 7.11 Å². The summed E-state index contributed by atoms with van der Waals surface area (Å²) in [6.45, 7) is 11.3. The van der Waals surface area contributed by atoms with Crippen LogP contribution >= 0.6 is 0 Å². The number of rotatable bonds is 3. The van der Waals surface area contributed by atoms with E-state index in [1.165, 1.54) is 22.9 Å². The molecule has 0 fully saturated rings. The van der Waals surface area contributed by atoms with E-state index in [-0.39, 0.29) is 5.54 Å². The van der Waals surface area contributed by atoms with Gasteiger partial charge in [0.1, 0.15) is 0 Å². The molecule has 0 saturated heterocycles. The molecule has 3 nitrogen and oxygen atoms in total. The fourth-order valence-electron chi connectivity index (χ4n) is 2.03. The third kappa shape index (κ3) is 3.80. The van der Waals surface area contributed by atoms with E-state index in [1.807, 2.05) is 10.9 Å². The molecule has 3 heteroatoms. The minimum Gasteiger partial charge on any atom is -0.382 e. The Balaban J connectivity index is 0.000000550. The smallest absolute Gasteiger partial charge is 0.0811 e. The second-order valence-electron chi connectivity index (χ2n) is 5.57. The van der Waals surface area contributed by atoms with Crippen LogP contribution in [0.5, 0.6) is 0 Å². The summed E-state index contributed by atoms with van der Waals surface area (Å²) in [5.41, 5.74) is 2.30. The molecule has 106 valence electrons. The zero-order chi connectivity index (χ0) is 14.5. The Hall–Kier alpha value is -1.35. The highest BCUT2D eigenvalue weighted by atomic mass is 16.5. The normalized spacial score (nSPS) is 11.3. The van der Waals surface area contributed by atoms with Gasteiger partial charge < -0.3 is 4.74 Å². The van der Waals surface area contributed by atoms with Crippen LogP contribution in [-0.4, -0.2) is 23.5 Å². The molecule has 2 rings (SSSR count). The largest absolute Gasteiger partial charge is 0.382 e. The van der Waals surface area contributed by atoms with Gasteiger partial charge in [-0.25, -0.2) is 0 Å². The predicted octanol–water partition coefficient (Wildman–Crippen LogP) is 4.14. The minimum atomic E-state index is -0.121. The lowest BCUT2D eigenvalue weighted by molar-refractivity contribution is 0.104. The highest BCUT2D eigenvalue weighted by Gasteiger charge is 2.22. The Labute approximate surface area is 116 Å². The van der Waals surface area contributed by atoms with E-state index < -0.39 is 0 Å². The molecule has 0 atom stereocenters. The van der Waals surface area contributed by atoms with E-state index in [0.717, 1.165) is 0 Å². The Morgan fingerprint density at radius 2 is 1.89 bits per heavy atom. The summed E-state index contributed by atoms with van der Waals surface area (Å²) in [6.07, 6.45) is 3.16. The van der Waals surface area contributed by atoms with Gasteiger partial charge in [0.05, 0.1) is 23.9 Å². The van der Waals surface area contributed by atoms with Gasteiger partial charge in [0.15, 0.2) is 0 Å². The summed E-state index contributed by atoms with van der Waals surface area (Å²) < 4.78 is 7.29. The van der Waals surface area contributed by atoms with Gasteiger partial charge in [-0.1, -0.05) is 32.4 Å². The molecular formula is C16H26N2O. The Kier molecular flexibility index (Phi) is 5.55. The van der Waals surface area contributed by atoms with Crippen LogP contribution < -0.4 is 0 Å². The average molecular weight is 262 g/mol. The van der Waals surface area contributed by atoms with Crippen molar-refractivity contribution in [3.8, 4) is 0 Å². The van der Waals surface area contributed by atoms with Gasteiger partial charge in [-0.2, -0.15) is 5.10 Å². The SMILES string of the molecule is CCC.COCC(C)(C)n1ncc2ccc(C)cc21. The van der Waals surface area contributed by atoms with Crippen molar-refractivity contribution in [1.82, 2.24) is 9.78 Å². The van der Waals surface area contributed by atoms with Crippen molar-refractivity contribution in [3.05, 3.63) is 30.0 Å². The summed E-state index contributed by atoms with van der Waals surface area (Å²) in [5, 5.41) is 5.64. The summed E-state index contributed by atoms with van der Waals surface area (Å²) in [6, 6.07) is 6.38. The predicted molar refractivity (Wildman–Crippen MR) is 81.6 cm³/mol. The van der Waals surface area contributed by atoms with E-state index in [2.05, 4.69) is 57.9 Å². The number of ether oxygens (including phenoxy) is 1. The molecule has 0 saturated carbocycles. The third-order valence-corrected chi connectivity index (χ3v) is 2.80. The van der Waals surface area contributed by atoms with Gasteiger partial charge in [0.2, 0.25) is 0 Å². The van der Waals surface area contributed by atoms with Crippen LogP contribution in [0.25, 0.3) is 10.9 Å². The van der Waals surface area contributed by atoms with Gasteiger partial charge in [0.25, 0.3) is 0 Å². The molecule has 0 aliphatic carbocycles. The van der Waals surface area contributed by atoms with Crippen LogP contribution in [0.15, 0.2) is 24.4 Å². The maximum Gasteiger partial charge on any atom is 0.0811 e. The van der Waals surface area contributed by atoms with Gasteiger partial charge in [0, 0.05) is 12.5 Å². The molecule has 19 heavy (non-hydrogen) atoms. The number of aryl methyl sites for hydroxylation is 1. The van der Waals surface area contributed by atoms with Crippen molar-refractivity contribution in [2.24, 2.45) is 0 Å². The number of benzene rings is 1. The van der Waals surface area contributed by atoms with E-state index >= 15 is 0 Å². The van der Waals surface area contributed by atoms with Crippen LogP contribution in [-0.2, 0) is 10.3 Å². The van der Waals surface area contributed by atoms with Crippen LogP contribution in [0.2, 0.25) is 0 Å². The molecule has 2 aromatic rings. The monoisotopic (exact) mass is 262 g/mol. The lowest BCUT2D eigenvalue weighted by atomic mass is 10.1. The molecule has 0 aliphatic heterocycles. The molecule has 1 heterocycles. The van der Waals surface area contributed by atoms with Crippen LogP contribution in [0.3, 0.4) is 0 Å². The highest BCUT2D eigenvalue weighted by Crippen LogP contribution is 2.23. The Morgan fingerprint density at radius 3 is 2.47 bits per heavy atom. The molecule has 1 aromatic carbocycles.